The maximum Gasteiger partial charge on any atom is 0.365 e. The molecule has 0 fully saturated rings. The maximum absolute atomic E-state index is 11.9. The Bertz CT molecular complexity index is 761. The molecule has 2 aromatic rings. The summed E-state index contributed by atoms with van der Waals surface area (Å²) in [5.41, 5.74) is 2.05. The summed E-state index contributed by atoms with van der Waals surface area (Å²) in [5, 5.41) is 3.75. The second kappa shape index (κ2) is 5.54. The smallest absolute Gasteiger partial charge is 0.312 e. The molecular formula is C17H11NO3. The lowest BCUT2D eigenvalue weighted by Gasteiger charge is -2.10. The van der Waals surface area contributed by atoms with Gasteiger partial charge in [0.2, 0.25) is 5.78 Å². The number of allylic oxidation sites excluding steroid dienone is 1. The molecular weight excluding hydrogens is 266 g/mol. The lowest BCUT2D eigenvalue weighted by molar-refractivity contribution is -0.108. The van der Waals surface area contributed by atoms with Gasteiger partial charge in [-0.25, -0.2) is 4.79 Å². The number of oxime groups is 1. The van der Waals surface area contributed by atoms with Crippen molar-refractivity contribution < 1.29 is 14.4 Å². The fraction of sp³-hybridized carbons (Fsp3) is 0. The topological polar surface area (TPSA) is 55.7 Å². The van der Waals surface area contributed by atoms with Gasteiger partial charge in [-0.1, -0.05) is 53.7 Å². The van der Waals surface area contributed by atoms with Crippen molar-refractivity contribution in [2.24, 2.45) is 5.16 Å². The predicted octanol–water partition coefficient (Wildman–Crippen LogP) is 2.84. The van der Waals surface area contributed by atoms with Crippen LogP contribution in [0.3, 0.4) is 0 Å². The Labute approximate surface area is 121 Å². The normalized spacial score (nSPS) is 14.9. The van der Waals surface area contributed by atoms with Crippen LogP contribution in [0.25, 0.3) is 6.08 Å². The van der Waals surface area contributed by atoms with E-state index in [4.69, 9.17) is 4.84 Å². The highest BCUT2D eigenvalue weighted by Gasteiger charge is 2.20. The predicted molar refractivity (Wildman–Crippen MR) is 78.9 cm³/mol. The molecule has 4 heteroatoms. The number of fused-ring (bicyclic) bond motifs is 1. The number of benzene rings is 2. The molecule has 21 heavy (non-hydrogen) atoms. The average Bonchev–Trinajstić information content (AvgIpc) is 2.54. The van der Waals surface area contributed by atoms with E-state index in [9.17, 15) is 9.59 Å². The first-order valence-electron chi connectivity index (χ1n) is 6.42. The fourth-order valence-electron chi connectivity index (χ4n) is 2.04. The van der Waals surface area contributed by atoms with Crippen molar-refractivity contribution in [3.05, 3.63) is 77.4 Å². The van der Waals surface area contributed by atoms with Crippen molar-refractivity contribution in [2.75, 3.05) is 0 Å². The highest BCUT2D eigenvalue weighted by molar-refractivity contribution is 6.52. The van der Waals surface area contributed by atoms with Gasteiger partial charge in [0.25, 0.3) is 0 Å². The molecule has 3 rings (SSSR count). The van der Waals surface area contributed by atoms with Crippen molar-refractivity contribution in [2.45, 2.75) is 0 Å². The molecule has 4 nitrogen and oxygen atoms in total. The van der Waals surface area contributed by atoms with Crippen LogP contribution in [-0.2, 0) is 9.63 Å². The van der Waals surface area contributed by atoms with Crippen molar-refractivity contribution in [1.29, 1.82) is 0 Å². The fourth-order valence-corrected chi connectivity index (χ4v) is 2.04. The van der Waals surface area contributed by atoms with Gasteiger partial charge in [-0.05, 0) is 23.8 Å². The molecule has 1 aliphatic rings. The highest BCUT2D eigenvalue weighted by Crippen LogP contribution is 2.18. The van der Waals surface area contributed by atoms with Crippen LogP contribution < -0.4 is 0 Å². The molecule has 0 spiro atoms. The number of rotatable bonds is 2. The molecule has 0 saturated heterocycles. The highest BCUT2D eigenvalue weighted by atomic mass is 16.7. The van der Waals surface area contributed by atoms with E-state index in [1.54, 1.807) is 48.5 Å². The SMILES string of the molecule is O=C1C=Cc2ccccc2C1=NOC(=O)c1ccccc1. The molecule has 0 unspecified atom stereocenters. The summed E-state index contributed by atoms with van der Waals surface area (Å²) in [7, 11) is 0. The number of nitrogens with zero attached hydrogens (tertiary/aromatic N) is 1. The second-order valence-corrected chi connectivity index (χ2v) is 4.47. The van der Waals surface area contributed by atoms with Crippen LogP contribution in [0.5, 0.6) is 0 Å². The Hall–Kier alpha value is -3.01. The summed E-state index contributed by atoms with van der Waals surface area (Å²) in [5.74, 6) is -0.877. The van der Waals surface area contributed by atoms with Crippen LogP contribution in [0.2, 0.25) is 0 Å². The third-order valence-electron chi connectivity index (χ3n) is 3.09. The molecule has 0 bridgehead atoms. The Kier molecular flexibility index (Phi) is 3.43. The van der Waals surface area contributed by atoms with Crippen molar-refractivity contribution in [3.63, 3.8) is 0 Å². The monoisotopic (exact) mass is 277 g/mol. The van der Waals surface area contributed by atoms with Gasteiger partial charge >= 0.3 is 5.97 Å². The first-order chi connectivity index (χ1) is 10.3. The molecule has 0 atom stereocenters. The zero-order valence-electron chi connectivity index (χ0n) is 11.0. The van der Waals surface area contributed by atoms with Crippen LogP contribution in [0.1, 0.15) is 21.5 Å². The number of ketones is 1. The van der Waals surface area contributed by atoms with Crippen molar-refractivity contribution >= 4 is 23.5 Å². The van der Waals surface area contributed by atoms with Gasteiger partial charge in [-0.2, -0.15) is 0 Å². The van der Waals surface area contributed by atoms with E-state index in [0.717, 1.165) is 5.56 Å². The van der Waals surface area contributed by atoms with E-state index in [2.05, 4.69) is 5.16 Å². The number of carbonyl (C=O) groups is 2. The molecule has 0 N–H and O–H groups in total. The lowest BCUT2D eigenvalue weighted by atomic mass is 9.95. The van der Waals surface area contributed by atoms with Gasteiger partial charge in [-0.15, -0.1) is 0 Å². The standard InChI is InChI=1S/C17H11NO3/c19-15-11-10-12-6-4-5-9-14(12)16(15)18-21-17(20)13-7-2-1-3-8-13/h1-11H. The van der Waals surface area contributed by atoms with Gasteiger partial charge in [0.15, 0.2) is 5.71 Å². The minimum absolute atomic E-state index is 0.136. The van der Waals surface area contributed by atoms with Gasteiger partial charge in [0.05, 0.1) is 5.56 Å². The van der Waals surface area contributed by atoms with E-state index in [1.165, 1.54) is 6.08 Å². The summed E-state index contributed by atoms with van der Waals surface area (Å²) in [6, 6.07) is 15.8. The van der Waals surface area contributed by atoms with Gasteiger partial charge in [0.1, 0.15) is 0 Å². The quantitative estimate of drug-likeness (QED) is 0.626. The van der Waals surface area contributed by atoms with Crippen molar-refractivity contribution in [3.8, 4) is 0 Å². The molecule has 0 radical (unpaired) electrons. The van der Waals surface area contributed by atoms with Crippen LogP contribution in [0, 0.1) is 0 Å². The third kappa shape index (κ3) is 2.65. The van der Waals surface area contributed by atoms with Gasteiger partial charge in [-0.3, -0.25) is 4.79 Å². The van der Waals surface area contributed by atoms with Crippen LogP contribution in [0.4, 0.5) is 0 Å². The maximum atomic E-state index is 11.9. The Morgan fingerprint density at radius 1 is 0.905 bits per heavy atom. The van der Waals surface area contributed by atoms with Gasteiger partial charge in [0, 0.05) is 5.56 Å². The minimum atomic E-state index is -0.595. The largest absolute Gasteiger partial charge is 0.365 e. The van der Waals surface area contributed by atoms with E-state index in [1.807, 2.05) is 12.1 Å². The van der Waals surface area contributed by atoms with Crippen LogP contribution in [-0.4, -0.2) is 17.5 Å². The van der Waals surface area contributed by atoms with Gasteiger partial charge < -0.3 is 4.84 Å². The average molecular weight is 277 g/mol. The Morgan fingerprint density at radius 2 is 1.62 bits per heavy atom. The number of hydrogen-bond acceptors (Lipinski definition) is 4. The first-order valence-corrected chi connectivity index (χ1v) is 6.42. The zero-order chi connectivity index (χ0) is 14.7. The van der Waals surface area contributed by atoms with E-state index >= 15 is 0 Å². The molecule has 1 aliphatic carbocycles. The van der Waals surface area contributed by atoms with Crippen LogP contribution >= 0.6 is 0 Å². The number of hydrogen-bond donors (Lipinski definition) is 0. The summed E-state index contributed by atoms with van der Waals surface area (Å²) in [6.07, 6.45) is 3.13. The van der Waals surface area contributed by atoms with E-state index in [-0.39, 0.29) is 11.5 Å². The molecule has 0 aliphatic heterocycles. The minimum Gasteiger partial charge on any atom is -0.312 e. The van der Waals surface area contributed by atoms with E-state index in [0.29, 0.717) is 11.1 Å². The molecule has 0 aromatic heterocycles. The molecule has 0 amide bonds. The Morgan fingerprint density at radius 3 is 2.43 bits per heavy atom. The van der Waals surface area contributed by atoms with Crippen molar-refractivity contribution in [1.82, 2.24) is 0 Å². The molecule has 0 saturated carbocycles. The molecule has 102 valence electrons. The zero-order valence-corrected chi connectivity index (χ0v) is 11.0. The molecule has 0 heterocycles. The first kappa shape index (κ1) is 13.0. The van der Waals surface area contributed by atoms with Crippen LogP contribution in [0.15, 0.2) is 65.8 Å². The Balaban J connectivity index is 1.88. The lowest BCUT2D eigenvalue weighted by Crippen LogP contribution is -2.18. The molecule has 2 aromatic carbocycles. The summed E-state index contributed by atoms with van der Waals surface area (Å²) < 4.78 is 0. The second-order valence-electron chi connectivity index (χ2n) is 4.47. The summed E-state index contributed by atoms with van der Waals surface area (Å²) >= 11 is 0. The van der Waals surface area contributed by atoms with E-state index < -0.39 is 5.97 Å². The summed E-state index contributed by atoms with van der Waals surface area (Å²) in [6.45, 7) is 0. The number of carbonyl (C=O) groups excluding carboxylic acids is 2. The third-order valence-corrected chi connectivity index (χ3v) is 3.09. The summed E-state index contributed by atoms with van der Waals surface area (Å²) in [4.78, 5) is 28.6.